The standard InChI is InChI=1S/C14H20O5/c1-4-9-18-11-5-7-12(8-6-11)19-10-14(2,16)13(15)17-3/h5-8,16H,4,9-10H2,1-3H3. The number of benzene rings is 1. The third-order valence-corrected chi connectivity index (χ3v) is 2.44. The Balaban J connectivity index is 2.52. The van der Waals surface area contributed by atoms with E-state index in [0.717, 1.165) is 12.2 Å². The van der Waals surface area contributed by atoms with E-state index >= 15 is 0 Å². The van der Waals surface area contributed by atoms with Crippen molar-refractivity contribution in [1.29, 1.82) is 0 Å². The smallest absolute Gasteiger partial charge is 0.341 e. The van der Waals surface area contributed by atoms with E-state index in [9.17, 15) is 9.90 Å². The van der Waals surface area contributed by atoms with E-state index in [0.29, 0.717) is 12.4 Å². The van der Waals surface area contributed by atoms with E-state index in [4.69, 9.17) is 9.47 Å². The van der Waals surface area contributed by atoms with Crippen molar-refractivity contribution in [3.8, 4) is 11.5 Å². The fourth-order valence-electron chi connectivity index (χ4n) is 1.35. The van der Waals surface area contributed by atoms with E-state index < -0.39 is 11.6 Å². The molecule has 0 aliphatic carbocycles. The SMILES string of the molecule is CCCOc1ccc(OCC(C)(O)C(=O)OC)cc1. The number of aliphatic hydroxyl groups is 1. The summed E-state index contributed by atoms with van der Waals surface area (Å²) in [6.45, 7) is 3.87. The van der Waals surface area contributed by atoms with Crippen LogP contribution >= 0.6 is 0 Å². The molecule has 1 aromatic rings. The first kappa shape index (κ1) is 15.3. The Labute approximate surface area is 113 Å². The molecule has 106 valence electrons. The maximum absolute atomic E-state index is 11.3. The van der Waals surface area contributed by atoms with Gasteiger partial charge in [-0.05, 0) is 37.6 Å². The van der Waals surface area contributed by atoms with Crippen molar-refractivity contribution in [3.05, 3.63) is 24.3 Å². The molecule has 1 rings (SSSR count). The summed E-state index contributed by atoms with van der Waals surface area (Å²) < 4.78 is 15.3. The molecule has 0 aromatic heterocycles. The highest BCUT2D eigenvalue weighted by Gasteiger charge is 2.32. The minimum atomic E-state index is -1.66. The molecule has 0 bridgehead atoms. The molecule has 19 heavy (non-hydrogen) atoms. The van der Waals surface area contributed by atoms with Crippen LogP contribution < -0.4 is 9.47 Å². The maximum atomic E-state index is 11.3. The number of hydrogen-bond acceptors (Lipinski definition) is 5. The summed E-state index contributed by atoms with van der Waals surface area (Å²) >= 11 is 0. The number of carbonyl (C=O) groups is 1. The molecule has 0 aliphatic heterocycles. The third-order valence-electron chi connectivity index (χ3n) is 2.44. The van der Waals surface area contributed by atoms with Gasteiger partial charge in [-0.2, -0.15) is 0 Å². The van der Waals surface area contributed by atoms with Gasteiger partial charge >= 0.3 is 5.97 Å². The summed E-state index contributed by atoms with van der Waals surface area (Å²) in [5.41, 5.74) is -1.66. The molecule has 0 heterocycles. The highest BCUT2D eigenvalue weighted by atomic mass is 16.6. The lowest BCUT2D eigenvalue weighted by molar-refractivity contribution is -0.163. The molecular weight excluding hydrogens is 248 g/mol. The monoisotopic (exact) mass is 268 g/mol. The average Bonchev–Trinajstić information content (AvgIpc) is 2.43. The zero-order chi connectivity index (χ0) is 14.3. The van der Waals surface area contributed by atoms with Crippen molar-refractivity contribution in [2.45, 2.75) is 25.9 Å². The zero-order valence-electron chi connectivity index (χ0n) is 11.5. The van der Waals surface area contributed by atoms with Crippen LogP contribution in [0.4, 0.5) is 0 Å². The molecule has 0 spiro atoms. The Morgan fingerprint density at radius 1 is 1.21 bits per heavy atom. The molecule has 1 atom stereocenters. The molecule has 1 N–H and O–H groups in total. The second-order valence-corrected chi connectivity index (χ2v) is 4.37. The normalized spacial score (nSPS) is 13.5. The van der Waals surface area contributed by atoms with Gasteiger partial charge in [-0.1, -0.05) is 6.92 Å². The van der Waals surface area contributed by atoms with Gasteiger partial charge in [0.1, 0.15) is 18.1 Å². The second-order valence-electron chi connectivity index (χ2n) is 4.37. The van der Waals surface area contributed by atoms with Crippen LogP contribution in [0.2, 0.25) is 0 Å². The van der Waals surface area contributed by atoms with Crippen LogP contribution in [-0.2, 0) is 9.53 Å². The second kappa shape index (κ2) is 6.99. The lowest BCUT2D eigenvalue weighted by atomic mass is 10.1. The topological polar surface area (TPSA) is 65.0 Å². The van der Waals surface area contributed by atoms with E-state index in [2.05, 4.69) is 4.74 Å². The molecule has 0 fully saturated rings. The maximum Gasteiger partial charge on any atom is 0.341 e. The van der Waals surface area contributed by atoms with Crippen LogP contribution in [-0.4, -0.2) is 37.0 Å². The van der Waals surface area contributed by atoms with Crippen LogP contribution in [0.5, 0.6) is 11.5 Å². The molecule has 0 aliphatic rings. The quantitative estimate of drug-likeness (QED) is 0.764. The van der Waals surface area contributed by atoms with Gasteiger partial charge in [0.15, 0.2) is 5.60 Å². The molecule has 0 amide bonds. The van der Waals surface area contributed by atoms with Crippen LogP contribution in [0.15, 0.2) is 24.3 Å². The molecule has 1 unspecified atom stereocenters. The van der Waals surface area contributed by atoms with Crippen molar-refractivity contribution < 1.29 is 24.1 Å². The number of hydrogen-bond donors (Lipinski definition) is 1. The van der Waals surface area contributed by atoms with Gasteiger partial charge in [-0.15, -0.1) is 0 Å². The summed E-state index contributed by atoms with van der Waals surface area (Å²) in [6.07, 6.45) is 0.945. The van der Waals surface area contributed by atoms with Gasteiger partial charge in [0, 0.05) is 0 Å². The van der Waals surface area contributed by atoms with Gasteiger partial charge in [0.2, 0.25) is 0 Å². The number of methoxy groups -OCH3 is 1. The van der Waals surface area contributed by atoms with Gasteiger partial charge in [-0.3, -0.25) is 0 Å². The Kier molecular flexibility index (Phi) is 5.63. The van der Waals surface area contributed by atoms with Crippen molar-refractivity contribution >= 4 is 5.97 Å². The average molecular weight is 268 g/mol. The number of rotatable bonds is 7. The Hall–Kier alpha value is -1.75. The predicted octanol–water partition coefficient (Wildman–Crippen LogP) is 1.78. The summed E-state index contributed by atoms with van der Waals surface area (Å²) in [5.74, 6) is 0.581. The van der Waals surface area contributed by atoms with Gasteiger partial charge in [0.05, 0.1) is 13.7 Å². The van der Waals surface area contributed by atoms with Crippen LogP contribution in [0, 0.1) is 0 Å². The first-order valence-corrected chi connectivity index (χ1v) is 6.16. The van der Waals surface area contributed by atoms with Crippen LogP contribution in [0.3, 0.4) is 0 Å². The summed E-state index contributed by atoms with van der Waals surface area (Å²) in [4.78, 5) is 11.3. The number of carbonyl (C=O) groups excluding carboxylic acids is 1. The minimum absolute atomic E-state index is 0.172. The van der Waals surface area contributed by atoms with Gasteiger partial charge < -0.3 is 19.3 Å². The highest BCUT2D eigenvalue weighted by Crippen LogP contribution is 2.19. The summed E-state index contributed by atoms with van der Waals surface area (Å²) in [7, 11) is 1.22. The summed E-state index contributed by atoms with van der Waals surface area (Å²) in [6, 6.07) is 6.99. The third kappa shape index (κ3) is 4.79. The molecule has 5 heteroatoms. The highest BCUT2D eigenvalue weighted by molar-refractivity contribution is 5.78. The Morgan fingerprint density at radius 3 is 2.21 bits per heavy atom. The lowest BCUT2D eigenvalue weighted by Crippen LogP contribution is -2.42. The molecule has 0 saturated heterocycles. The molecule has 1 aromatic carbocycles. The van der Waals surface area contributed by atoms with Gasteiger partial charge in [0.25, 0.3) is 0 Å². The van der Waals surface area contributed by atoms with E-state index in [1.807, 2.05) is 6.92 Å². The largest absolute Gasteiger partial charge is 0.494 e. The Morgan fingerprint density at radius 2 is 1.74 bits per heavy atom. The van der Waals surface area contributed by atoms with Crippen molar-refractivity contribution in [2.75, 3.05) is 20.3 Å². The van der Waals surface area contributed by atoms with Crippen molar-refractivity contribution in [3.63, 3.8) is 0 Å². The van der Waals surface area contributed by atoms with Crippen molar-refractivity contribution in [2.24, 2.45) is 0 Å². The minimum Gasteiger partial charge on any atom is -0.494 e. The van der Waals surface area contributed by atoms with E-state index in [1.54, 1.807) is 24.3 Å². The molecule has 0 saturated carbocycles. The first-order valence-electron chi connectivity index (χ1n) is 6.16. The number of esters is 1. The fraction of sp³-hybridized carbons (Fsp3) is 0.500. The van der Waals surface area contributed by atoms with E-state index in [1.165, 1.54) is 14.0 Å². The fourth-order valence-corrected chi connectivity index (χ4v) is 1.35. The van der Waals surface area contributed by atoms with E-state index in [-0.39, 0.29) is 6.61 Å². The Bertz CT molecular complexity index is 397. The summed E-state index contributed by atoms with van der Waals surface area (Å²) in [5, 5.41) is 9.79. The molecule has 0 radical (unpaired) electrons. The van der Waals surface area contributed by atoms with Crippen molar-refractivity contribution in [1.82, 2.24) is 0 Å². The molecular formula is C14H20O5. The predicted molar refractivity (Wildman–Crippen MR) is 70.4 cm³/mol. The lowest BCUT2D eigenvalue weighted by Gasteiger charge is -2.20. The zero-order valence-corrected chi connectivity index (χ0v) is 11.5. The molecule has 5 nitrogen and oxygen atoms in total. The van der Waals surface area contributed by atoms with Gasteiger partial charge in [-0.25, -0.2) is 4.79 Å². The van der Waals surface area contributed by atoms with Crippen LogP contribution in [0.25, 0.3) is 0 Å². The first-order chi connectivity index (χ1) is 8.99. The number of ether oxygens (including phenoxy) is 3. The van der Waals surface area contributed by atoms with Crippen LogP contribution in [0.1, 0.15) is 20.3 Å².